The van der Waals surface area contributed by atoms with Crippen molar-refractivity contribution in [2.75, 3.05) is 21.3 Å². The number of thioether (sulfide) groups is 1. The van der Waals surface area contributed by atoms with Crippen molar-refractivity contribution in [3.8, 4) is 11.5 Å². The third-order valence-corrected chi connectivity index (χ3v) is 5.34. The first-order valence-electron chi connectivity index (χ1n) is 8.63. The number of amidine groups is 1. The summed E-state index contributed by atoms with van der Waals surface area (Å²) in [6.07, 6.45) is 2.83. The number of amides is 1. The molecule has 2 aromatic rings. The average molecular weight is 382 g/mol. The van der Waals surface area contributed by atoms with Crippen molar-refractivity contribution in [1.82, 2.24) is 4.90 Å². The van der Waals surface area contributed by atoms with Crippen molar-refractivity contribution in [2.45, 2.75) is 13.3 Å². The number of nitrogens with zero attached hydrogens (tertiary/aromatic N) is 2. The van der Waals surface area contributed by atoms with Gasteiger partial charge in [0.1, 0.15) is 0 Å². The number of carbonyl (C=O) groups is 1. The summed E-state index contributed by atoms with van der Waals surface area (Å²) < 4.78 is 10.6. The normalized spacial score (nSPS) is 17.0. The van der Waals surface area contributed by atoms with Gasteiger partial charge in [0.25, 0.3) is 5.91 Å². The Hall–Kier alpha value is -2.73. The van der Waals surface area contributed by atoms with E-state index in [2.05, 4.69) is 24.0 Å². The van der Waals surface area contributed by atoms with Crippen molar-refractivity contribution in [3.63, 3.8) is 0 Å². The fraction of sp³-hybridized carbons (Fsp3) is 0.238. The van der Waals surface area contributed by atoms with Gasteiger partial charge in [-0.1, -0.05) is 25.1 Å². The summed E-state index contributed by atoms with van der Waals surface area (Å²) in [6, 6.07) is 13.6. The molecular weight excluding hydrogens is 360 g/mol. The van der Waals surface area contributed by atoms with Gasteiger partial charge in [0, 0.05) is 7.05 Å². The van der Waals surface area contributed by atoms with Gasteiger partial charge in [0.2, 0.25) is 0 Å². The zero-order valence-electron chi connectivity index (χ0n) is 15.9. The van der Waals surface area contributed by atoms with Crippen LogP contribution in [-0.4, -0.2) is 37.2 Å². The van der Waals surface area contributed by atoms with Crippen molar-refractivity contribution >= 4 is 34.6 Å². The number of aryl methyl sites for hydroxylation is 1. The molecule has 1 aliphatic heterocycles. The Morgan fingerprint density at radius 1 is 1.07 bits per heavy atom. The Labute approximate surface area is 163 Å². The van der Waals surface area contributed by atoms with Gasteiger partial charge in [-0.25, -0.2) is 4.99 Å². The van der Waals surface area contributed by atoms with Crippen LogP contribution in [0.25, 0.3) is 6.08 Å². The summed E-state index contributed by atoms with van der Waals surface area (Å²) in [5.41, 5.74) is 2.96. The van der Waals surface area contributed by atoms with Gasteiger partial charge in [0.15, 0.2) is 16.7 Å². The Bertz CT molecular complexity index is 904. The Morgan fingerprint density at radius 3 is 2.41 bits per heavy atom. The molecule has 0 radical (unpaired) electrons. The van der Waals surface area contributed by atoms with E-state index in [1.807, 2.05) is 36.4 Å². The van der Waals surface area contributed by atoms with Gasteiger partial charge in [-0.2, -0.15) is 0 Å². The minimum Gasteiger partial charge on any atom is -0.493 e. The molecule has 0 aromatic heterocycles. The van der Waals surface area contributed by atoms with Gasteiger partial charge in [-0.15, -0.1) is 0 Å². The van der Waals surface area contributed by atoms with Crippen LogP contribution in [0.3, 0.4) is 0 Å². The number of hydrogen-bond acceptors (Lipinski definition) is 5. The van der Waals surface area contributed by atoms with Gasteiger partial charge in [0.05, 0.1) is 24.8 Å². The summed E-state index contributed by atoms with van der Waals surface area (Å²) in [6.45, 7) is 2.12. The van der Waals surface area contributed by atoms with Crippen LogP contribution in [0, 0.1) is 0 Å². The second kappa shape index (κ2) is 8.31. The van der Waals surface area contributed by atoms with E-state index in [0.717, 1.165) is 17.7 Å². The Kier molecular flexibility index (Phi) is 5.86. The van der Waals surface area contributed by atoms with Crippen LogP contribution in [0.15, 0.2) is 52.4 Å². The van der Waals surface area contributed by atoms with Crippen LogP contribution >= 0.6 is 11.8 Å². The molecule has 1 amide bonds. The predicted octanol–water partition coefficient (Wildman–Crippen LogP) is 4.50. The molecular formula is C21H22N2O3S. The standard InChI is InChI=1S/C21H22N2O3S/c1-5-14-6-9-16(10-7-14)22-21-23(2)20(24)19(27-21)13-15-8-11-17(25-3)18(12-15)26-4/h6-13H,5H2,1-4H3/b19-13+,22-21?. The molecule has 0 atom stereocenters. The molecule has 0 spiro atoms. The molecule has 0 aliphatic carbocycles. The van der Waals surface area contributed by atoms with Crippen molar-refractivity contribution in [1.29, 1.82) is 0 Å². The van der Waals surface area contributed by atoms with Gasteiger partial charge < -0.3 is 9.47 Å². The Balaban J connectivity index is 1.86. The van der Waals surface area contributed by atoms with E-state index in [4.69, 9.17) is 9.47 Å². The van der Waals surface area contributed by atoms with Crippen LogP contribution in [0.5, 0.6) is 11.5 Å². The molecule has 5 nitrogen and oxygen atoms in total. The largest absolute Gasteiger partial charge is 0.493 e. The fourth-order valence-electron chi connectivity index (χ4n) is 2.66. The highest BCUT2D eigenvalue weighted by Crippen LogP contribution is 2.35. The number of methoxy groups -OCH3 is 2. The van der Waals surface area contributed by atoms with E-state index >= 15 is 0 Å². The van der Waals surface area contributed by atoms with Crippen molar-refractivity contribution < 1.29 is 14.3 Å². The first-order valence-corrected chi connectivity index (χ1v) is 9.44. The molecule has 140 valence electrons. The lowest BCUT2D eigenvalue weighted by Crippen LogP contribution is -2.23. The smallest absolute Gasteiger partial charge is 0.266 e. The molecule has 1 heterocycles. The summed E-state index contributed by atoms with van der Waals surface area (Å²) in [7, 11) is 4.92. The number of likely N-dealkylation sites (N-methyl/N-ethyl adjacent to an activating group) is 1. The van der Waals surface area contributed by atoms with Crippen LogP contribution in [0.4, 0.5) is 5.69 Å². The van der Waals surface area contributed by atoms with E-state index in [-0.39, 0.29) is 5.91 Å². The number of rotatable bonds is 5. The van der Waals surface area contributed by atoms with Crippen molar-refractivity contribution in [3.05, 3.63) is 58.5 Å². The minimum absolute atomic E-state index is 0.0706. The fourth-order valence-corrected chi connectivity index (χ4v) is 3.65. The molecule has 0 unspecified atom stereocenters. The molecule has 1 saturated heterocycles. The minimum atomic E-state index is -0.0706. The highest BCUT2D eigenvalue weighted by atomic mass is 32.2. The number of benzene rings is 2. The summed E-state index contributed by atoms with van der Waals surface area (Å²) >= 11 is 1.37. The van der Waals surface area contributed by atoms with Crippen LogP contribution < -0.4 is 9.47 Å². The first-order chi connectivity index (χ1) is 13.0. The lowest BCUT2D eigenvalue weighted by molar-refractivity contribution is -0.121. The maximum absolute atomic E-state index is 12.6. The van der Waals surface area contributed by atoms with Gasteiger partial charge in [-0.3, -0.25) is 9.69 Å². The number of carbonyl (C=O) groups excluding carboxylic acids is 1. The second-order valence-electron chi connectivity index (χ2n) is 6.00. The molecule has 0 saturated carbocycles. The first kappa shape index (κ1) is 19.0. The number of aliphatic imine (C=N–C) groups is 1. The maximum Gasteiger partial charge on any atom is 0.266 e. The molecule has 0 N–H and O–H groups in total. The topological polar surface area (TPSA) is 51.1 Å². The SMILES string of the molecule is CCc1ccc(N=C2S/C(=C/c3ccc(OC)c(OC)c3)C(=O)N2C)cc1. The summed E-state index contributed by atoms with van der Waals surface area (Å²) in [5, 5.41) is 0.663. The van der Waals surface area contributed by atoms with Crippen LogP contribution in [0.1, 0.15) is 18.1 Å². The molecule has 27 heavy (non-hydrogen) atoms. The molecule has 6 heteroatoms. The summed E-state index contributed by atoms with van der Waals surface area (Å²) in [5.74, 6) is 1.21. The summed E-state index contributed by atoms with van der Waals surface area (Å²) in [4.78, 5) is 19.4. The van der Waals surface area contributed by atoms with Gasteiger partial charge in [-0.05, 0) is 59.7 Å². The van der Waals surface area contributed by atoms with Crippen LogP contribution in [0.2, 0.25) is 0 Å². The third-order valence-electron chi connectivity index (χ3n) is 4.28. The van der Waals surface area contributed by atoms with E-state index in [9.17, 15) is 4.79 Å². The number of hydrogen-bond donors (Lipinski definition) is 0. The molecule has 0 bridgehead atoms. The zero-order chi connectivity index (χ0) is 19.4. The van der Waals surface area contributed by atoms with Crippen molar-refractivity contribution in [2.24, 2.45) is 4.99 Å². The van der Waals surface area contributed by atoms with E-state index < -0.39 is 0 Å². The number of ether oxygens (including phenoxy) is 2. The monoisotopic (exact) mass is 382 g/mol. The highest BCUT2D eigenvalue weighted by molar-refractivity contribution is 8.18. The molecule has 2 aromatic carbocycles. The molecule has 1 fully saturated rings. The Morgan fingerprint density at radius 2 is 1.78 bits per heavy atom. The van der Waals surface area contributed by atoms with E-state index in [0.29, 0.717) is 21.6 Å². The average Bonchev–Trinajstić information content (AvgIpc) is 2.96. The van der Waals surface area contributed by atoms with E-state index in [1.165, 1.54) is 17.3 Å². The second-order valence-corrected chi connectivity index (χ2v) is 7.01. The lowest BCUT2D eigenvalue weighted by atomic mass is 10.2. The zero-order valence-corrected chi connectivity index (χ0v) is 16.7. The third kappa shape index (κ3) is 4.17. The van der Waals surface area contributed by atoms with E-state index in [1.54, 1.807) is 26.2 Å². The maximum atomic E-state index is 12.6. The lowest BCUT2D eigenvalue weighted by Gasteiger charge is -2.08. The molecule has 3 rings (SSSR count). The van der Waals surface area contributed by atoms with Gasteiger partial charge >= 0.3 is 0 Å². The van der Waals surface area contributed by atoms with Crippen LogP contribution in [-0.2, 0) is 11.2 Å². The molecule has 1 aliphatic rings. The quantitative estimate of drug-likeness (QED) is 0.715. The predicted molar refractivity (Wildman–Crippen MR) is 111 cm³/mol. The highest BCUT2D eigenvalue weighted by Gasteiger charge is 2.30.